The number of nitrogens with zero attached hydrogens (tertiary/aromatic N) is 5. The topological polar surface area (TPSA) is 55.6 Å². The van der Waals surface area contributed by atoms with E-state index in [4.69, 9.17) is 4.99 Å². The van der Waals surface area contributed by atoms with E-state index >= 15 is 0 Å². The molecule has 1 saturated heterocycles. The van der Waals surface area contributed by atoms with Crippen LogP contribution in [-0.2, 0) is 0 Å². The molecule has 25 heavy (non-hydrogen) atoms. The van der Waals surface area contributed by atoms with Crippen molar-refractivity contribution in [1.29, 1.82) is 0 Å². The third-order valence-electron chi connectivity index (χ3n) is 4.81. The molecule has 0 aromatic rings. The van der Waals surface area contributed by atoms with Gasteiger partial charge in [-0.3, -0.25) is 0 Å². The Kier molecular flexibility index (Phi) is 7.37. The molecule has 138 valence electrons. The first-order chi connectivity index (χ1) is 12.1. The summed E-state index contributed by atoms with van der Waals surface area (Å²) in [6.07, 6.45) is 9.72. The van der Waals surface area contributed by atoms with Crippen LogP contribution in [0.3, 0.4) is 0 Å². The van der Waals surface area contributed by atoms with Gasteiger partial charge >= 0.3 is 0 Å². The van der Waals surface area contributed by atoms with Crippen molar-refractivity contribution in [3.05, 3.63) is 35.6 Å². The lowest BCUT2D eigenvalue weighted by Gasteiger charge is -2.38. The first kappa shape index (κ1) is 19.4. The highest BCUT2D eigenvalue weighted by atomic mass is 15.6. The minimum Gasteiger partial charge on any atom is -0.338 e. The van der Waals surface area contributed by atoms with Crippen LogP contribution in [0.25, 0.3) is 0 Å². The van der Waals surface area contributed by atoms with E-state index in [1.807, 2.05) is 11.2 Å². The van der Waals surface area contributed by atoms with Crippen LogP contribution in [0.1, 0.15) is 34.1 Å². The number of guanidine groups is 1. The van der Waals surface area contributed by atoms with Gasteiger partial charge in [0.2, 0.25) is 5.96 Å². The van der Waals surface area contributed by atoms with Crippen molar-refractivity contribution in [2.75, 3.05) is 33.2 Å². The molecule has 2 heterocycles. The Labute approximate surface area is 152 Å². The van der Waals surface area contributed by atoms with E-state index < -0.39 is 0 Å². The third kappa shape index (κ3) is 5.01. The molecule has 1 N–H and O–H groups in total. The van der Waals surface area contributed by atoms with Gasteiger partial charge in [-0.2, -0.15) is 5.11 Å². The number of piperazine rings is 1. The number of hydrogen-bond acceptors (Lipinski definition) is 5. The van der Waals surface area contributed by atoms with Crippen LogP contribution in [0, 0.1) is 5.92 Å². The van der Waals surface area contributed by atoms with Gasteiger partial charge in [-0.15, -0.1) is 0 Å². The van der Waals surface area contributed by atoms with Crippen LogP contribution in [-0.4, -0.2) is 55.1 Å². The predicted molar refractivity (Wildman–Crippen MR) is 104 cm³/mol. The largest absolute Gasteiger partial charge is 0.338 e. The Bertz CT molecular complexity index is 581. The van der Waals surface area contributed by atoms with E-state index in [0.29, 0.717) is 5.92 Å². The van der Waals surface area contributed by atoms with Crippen molar-refractivity contribution in [2.45, 2.75) is 40.2 Å². The maximum Gasteiger partial charge on any atom is 0.224 e. The molecule has 6 heteroatoms. The van der Waals surface area contributed by atoms with Crippen molar-refractivity contribution in [1.82, 2.24) is 15.2 Å². The molecular formula is C19H32N6. The van der Waals surface area contributed by atoms with E-state index in [1.165, 1.54) is 11.1 Å². The summed E-state index contributed by atoms with van der Waals surface area (Å²) in [4.78, 5) is 7.00. The molecule has 2 rings (SSSR count). The van der Waals surface area contributed by atoms with Crippen LogP contribution in [0.2, 0.25) is 0 Å². The Morgan fingerprint density at radius 1 is 1.44 bits per heavy atom. The standard InChI is InChI=1S/C19H32N6/c1-6-15(2)8-7-9-16(3)18-14-22-19(24-12-10-21-11-13-24)25(17(18)4)23-20-5/h7-9,14-15,17,21H,6,10-13H2,1-5H3/b8-7-,16-9+,23-20-/t15-,17?/m1/s1. The third-order valence-corrected chi connectivity index (χ3v) is 4.81. The lowest BCUT2D eigenvalue weighted by Crippen LogP contribution is -2.53. The average molecular weight is 345 g/mol. The minimum absolute atomic E-state index is 0.110. The Morgan fingerprint density at radius 2 is 2.16 bits per heavy atom. The van der Waals surface area contributed by atoms with Crippen LogP contribution >= 0.6 is 0 Å². The van der Waals surface area contributed by atoms with Crippen molar-refractivity contribution in [3.63, 3.8) is 0 Å². The van der Waals surface area contributed by atoms with Crippen LogP contribution in [0.15, 0.2) is 50.9 Å². The van der Waals surface area contributed by atoms with Gasteiger partial charge in [0, 0.05) is 32.4 Å². The van der Waals surface area contributed by atoms with Gasteiger partial charge < -0.3 is 10.2 Å². The zero-order valence-electron chi connectivity index (χ0n) is 16.2. The molecule has 0 spiro atoms. The van der Waals surface area contributed by atoms with Gasteiger partial charge in [-0.25, -0.2) is 10.0 Å². The molecule has 0 aliphatic carbocycles. The molecule has 0 bridgehead atoms. The van der Waals surface area contributed by atoms with Gasteiger partial charge in [-0.1, -0.05) is 43.7 Å². The summed E-state index contributed by atoms with van der Waals surface area (Å²) in [5.74, 6) is 1.50. The monoisotopic (exact) mass is 344 g/mol. The second-order valence-corrected chi connectivity index (χ2v) is 6.68. The smallest absolute Gasteiger partial charge is 0.224 e. The number of nitrogens with one attached hydrogen (secondary N) is 1. The normalized spacial score (nSPS) is 24.0. The van der Waals surface area contributed by atoms with Gasteiger partial charge in [-0.05, 0) is 30.9 Å². The first-order valence-corrected chi connectivity index (χ1v) is 9.26. The second kappa shape index (κ2) is 9.51. The molecule has 0 radical (unpaired) electrons. The second-order valence-electron chi connectivity index (χ2n) is 6.68. The molecule has 0 aromatic carbocycles. The molecule has 1 fully saturated rings. The number of hydrogen-bond donors (Lipinski definition) is 1. The quantitative estimate of drug-likeness (QED) is 0.614. The summed E-state index contributed by atoms with van der Waals surface area (Å²) < 4.78 is 0. The zero-order valence-corrected chi connectivity index (χ0v) is 16.2. The van der Waals surface area contributed by atoms with E-state index in [0.717, 1.165) is 38.6 Å². The average Bonchev–Trinajstić information content (AvgIpc) is 2.63. The lowest BCUT2D eigenvalue weighted by atomic mass is 9.99. The summed E-state index contributed by atoms with van der Waals surface area (Å²) in [6, 6.07) is 0.110. The maximum atomic E-state index is 4.73. The molecule has 0 amide bonds. The molecule has 2 aliphatic heterocycles. The predicted octanol–water partition coefficient (Wildman–Crippen LogP) is 3.38. The summed E-state index contributed by atoms with van der Waals surface area (Å²) in [7, 11) is 1.71. The van der Waals surface area contributed by atoms with Crippen LogP contribution in [0.5, 0.6) is 0 Å². The summed E-state index contributed by atoms with van der Waals surface area (Å²) in [6.45, 7) is 12.6. The lowest BCUT2D eigenvalue weighted by molar-refractivity contribution is 0.262. The highest BCUT2D eigenvalue weighted by Crippen LogP contribution is 2.25. The van der Waals surface area contributed by atoms with E-state index in [2.05, 4.69) is 66.5 Å². The Balaban J connectivity index is 2.23. The van der Waals surface area contributed by atoms with Gasteiger partial charge in [0.1, 0.15) is 0 Å². The number of aliphatic imine (C=N–C) groups is 1. The maximum absolute atomic E-state index is 4.73. The fraction of sp³-hybridized carbons (Fsp3) is 0.632. The molecule has 1 unspecified atom stereocenters. The van der Waals surface area contributed by atoms with Crippen molar-refractivity contribution >= 4 is 5.96 Å². The van der Waals surface area contributed by atoms with Crippen molar-refractivity contribution in [2.24, 2.45) is 21.2 Å². The SMILES string of the molecule is CC[C@@H](C)/C=C\C=C(/C)C1=CN=C(N2CCNCC2)N(/N=N\C)C1C. The number of allylic oxidation sites excluding steroid dienone is 3. The molecule has 0 aromatic heterocycles. The van der Waals surface area contributed by atoms with Crippen LogP contribution in [0.4, 0.5) is 0 Å². The Morgan fingerprint density at radius 3 is 2.80 bits per heavy atom. The minimum atomic E-state index is 0.110. The molecular weight excluding hydrogens is 312 g/mol. The van der Waals surface area contributed by atoms with E-state index in [1.54, 1.807) is 7.05 Å². The fourth-order valence-corrected chi connectivity index (χ4v) is 2.96. The summed E-state index contributed by atoms with van der Waals surface area (Å²) in [5.41, 5.74) is 2.39. The van der Waals surface area contributed by atoms with Crippen molar-refractivity contribution < 1.29 is 0 Å². The Hall–Kier alpha value is -1.95. The number of rotatable bonds is 5. The zero-order chi connectivity index (χ0) is 18.2. The summed E-state index contributed by atoms with van der Waals surface area (Å²) in [5, 5.41) is 13.7. The van der Waals surface area contributed by atoms with E-state index in [9.17, 15) is 0 Å². The van der Waals surface area contributed by atoms with E-state index in [-0.39, 0.29) is 6.04 Å². The molecule has 2 aliphatic rings. The highest BCUT2D eigenvalue weighted by molar-refractivity contribution is 5.82. The first-order valence-electron chi connectivity index (χ1n) is 9.26. The highest BCUT2D eigenvalue weighted by Gasteiger charge is 2.30. The fourth-order valence-electron chi connectivity index (χ4n) is 2.96. The van der Waals surface area contributed by atoms with Crippen molar-refractivity contribution in [3.8, 4) is 0 Å². The molecule has 6 nitrogen and oxygen atoms in total. The van der Waals surface area contributed by atoms with Gasteiger partial charge in [0.05, 0.1) is 13.1 Å². The van der Waals surface area contributed by atoms with Crippen LogP contribution < -0.4 is 5.32 Å². The molecule has 0 saturated carbocycles. The van der Waals surface area contributed by atoms with Gasteiger partial charge in [0.15, 0.2) is 0 Å². The van der Waals surface area contributed by atoms with Gasteiger partial charge in [0.25, 0.3) is 0 Å². The summed E-state index contributed by atoms with van der Waals surface area (Å²) >= 11 is 0. The molecule has 2 atom stereocenters.